The molecule has 0 aromatic heterocycles. The number of nitrogens with zero attached hydrogens (tertiary/aromatic N) is 1. The minimum Gasteiger partial charge on any atom is -0.506 e. The molecule has 3 rings (SSSR count). The van der Waals surface area contributed by atoms with Crippen molar-refractivity contribution in [2.45, 2.75) is 6.54 Å². The average molecular weight is 367 g/mol. The number of benzene rings is 3. The predicted molar refractivity (Wildman–Crippen MR) is 98.8 cm³/mol. The van der Waals surface area contributed by atoms with Crippen LogP contribution >= 0.6 is 0 Å². The van der Waals surface area contributed by atoms with E-state index in [1.807, 2.05) is 12.1 Å². The van der Waals surface area contributed by atoms with Gasteiger partial charge in [-0.15, -0.1) is 0 Å². The summed E-state index contributed by atoms with van der Waals surface area (Å²) >= 11 is 0. The normalized spacial score (nSPS) is 10.6. The fourth-order valence-electron chi connectivity index (χ4n) is 2.71. The van der Waals surface area contributed by atoms with Gasteiger partial charge in [0.05, 0.1) is 0 Å². The monoisotopic (exact) mass is 367 g/mol. The largest absolute Gasteiger partial charge is 0.506 e. The van der Waals surface area contributed by atoms with E-state index in [-0.39, 0.29) is 17.9 Å². The molecule has 5 nitrogen and oxygen atoms in total. The highest BCUT2D eigenvalue weighted by molar-refractivity contribution is 6.01. The molecule has 6 heteroatoms. The molecule has 0 radical (unpaired) electrons. The van der Waals surface area contributed by atoms with Gasteiger partial charge in [-0.25, -0.2) is 9.18 Å². The van der Waals surface area contributed by atoms with Gasteiger partial charge < -0.3 is 14.7 Å². The molecule has 1 amide bonds. The van der Waals surface area contributed by atoms with Crippen LogP contribution in [-0.4, -0.2) is 35.5 Å². The van der Waals surface area contributed by atoms with E-state index >= 15 is 0 Å². The summed E-state index contributed by atoms with van der Waals surface area (Å²) in [5, 5.41) is 11.6. The summed E-state index contributed by atoms with van der Waals surface area (Å²) in [5.41, 5.74) is 0.352. The molecule has 0 unspecified atom stereocenters. The summed E-state index contributed by atoms with van der Waals surface area (Å²) in [7, 11) is 1.50. The number of ether oxygens (including phenoxy) is 1. The van der Waals surface area contributed by atoms with Crippen LogP contribution in [0.3, 0.4) is 0 Å². The number of amides is 1. The number of rotatable bonds is 5. The van der Waals surface area contributed by atoms with Crippen molar-refractivity contribution in [3.8, 4) is 5.75 Å². The molecular formula is C21H18FNO4. The van der Waals surface area contributed by atoms with Crippen LogP contribution in [0.5, 0.6) is 5.75 Å². The summed E-state index contributed by atoms with van der Waals surface area (Å²) in [6.07, 6.45) is 0. The molecule has 0 saturated heterocycles. The molecule has 0 spiro atoms. The van der Waals surface area contributed by atoms with Crippen molar-refractivity contribution in [1.82, 2.24) is 4.90 Å². The molecule has 138 valence electrons. The zero-order chi connectivity index (χ0) is 19.4. The first-order valence-corrected chi connectivity index (χ1v) is 8.32. The highest BCUT2D eigenvalue weighted by Crippen LogP contribution is 2.29. The Hall–Kier alpha value is -3.41. The number of aromatic hydroxyl groups is 1. The van der Waals surface area contributed by atoms with Gasteiger partial charge in [0.15, 0.2) is 6.61 Å². The van der Waals surface area contributed by atoms with Crippen LogP contribution in [0, 0.1) is 5.82 Å². The molecule has 0 aliphatic heterocycles. The second kappa shape index (κ2) is 7.86. The zero-order valence-corrected chi connectivity index (χ0v) is 14.7. The smallest absolute Gasteiger partial charge is 0.342 e. The second-order valence-corrected chi connectivity index (χ2v) is 6.10. The van der Waals surface area contributed by atoms with Gasteiger partial charge in [-0.2, -0.15) is 0 Å². The molecule has 3 aromatic carbocycles. The minimum atomic E-state index is -0.800. The van der Waals surface area contributed by atoms with E-state index in [0.717, 1.165) is 5.39 Å². The molecule has 1 N–H and O–H groups in total. The highest BCUT2D eigenvalue weighted by atomic mass is 19.1. The van der Waals surface area contributed by atoms with Crippen LogP contribution in [0.2, 0.25) is 0 Å². The maximum atomic E-state index is 13.7. The topological polar surface area (TPSA) is 66.8 Å². The van der Waals surface area contributed by atoms with Gasteiger partial charge >= 0.3 is 5.97 Å². The van der Waals surface area contributed by atoms with Gasteiger partial charge in [0.1, 0.15) is 17.1 Å². The molecule has 0 heterocycles. The third kappa shape index (κ3) is 4.06. The van der Waals surface area contributed by atoms with E-state index in [1.54, 1.807) is 36.4 Å². The van der Waals surface area contributed by atoms with Crippen LogP contribution in [0.4, 0.5) is 4.39 Å². The van der Waals surface area contributed by atoms with E-state index in [4.69, 9.17) is 4.74 Å². The number of halogens is 1. The van der Waals surface area contributed by atoms with E-state index in [0.29, 0.717) is 10.9 Å². The molecule has 0 fully saturated rings. The first-order valence-electron chi connectivity index (χ1n) is 8.32. The molecule has 0 aliphatic carbocycles. The van der Waals surface area contributed by atoms with Crippen LogP contribution in [0.1, 0.15) is 15.9 Å². The predicted octanol–water partition coefficient (Wildman–Crippen LogP) is 3.50. The van der Waals surface area contributed by atoms with Crippen molar-refractivity contribution in [3.63, 3.8) is 0 Å². The average Bonchev–Trinajstić information content (AvgIpc) is 2.68. The van der Waals surface area contributed by atoms with Gasteiger partial charge in [-0.1, -0.05) is 48.5 Å². The lowest BCUT2D eigenvalue weighted by Gasteiger charge is -2.17. The van der Waals surface area contributed by atoms with Crippen LogP contribution in [0.15, 0.2) is 60.7 Å². The van der Waals surface area contributed by atoms with Gasteiger partial charge in [0, 0.05) is 24.5 Å². The summed E-state index contributed by atoms with van der Waals surface area (Å²) in [6.45, 7) is -0.444. The maximum Gasteiger partial charge on any atom is 0.342 e. The number of likely N-dealkylation sites (N-methyl/N-ethyl adjacent to an activating group) is 1. The fraction of sp³-hybridized carbons (Fsp3) is 0.143. The first kappa shape index (κ1) is 18.4. The van der Waals surface area contributed by atoms with E-state index in [2.05, 4.69) is 0 Å². The molecule has 3 aromatic rings. The van der Waals surface area contributed by atoms with E-state index < -0.39 is 24.3 Å². The molecule has 0 atom stereocenters. The summed E-state index contributed by atoms with van der Waals surface area (Å²) in [6, 6.07) is 16.4. The Kier molecular flexibility index (Phi) is 5.35. The fourth-order valence-corrected chi connectivity index (χ4v) is 2.71. The second-order valence-electron chi connectivity index (χ2n) is 6.10. The molecular weight excluding hydrogens is 349 g/mol. The lowest BCUT2D eigenvalue weighted by molar-refractivity contribution is -0.133. The first-order chi connectivity index (χ1) is 13.0. The maximum absolute atomic E-state index is 13.7. The number of phenolic OH excluding ortho intramolecular Hbond substituents is 1. The lowest BCUT2D eigenvalue weighted by Crippen LogP contribution is -2.31. The van der Waals surface area contributed by atoms with Crippen LogP contribution < -0.4 is 0 Å². The summed E-state index contributed by atoms with van der Waals surface area (Å²) < 4.78 is 18.7. The van der Waals surface area contributed by atoms with Crippen molar-refractivity contribution in [2.75, 3.05) is 13.7 Å². The van der Waals surface area contributed by atoms with Gasteiger partial charge in [-0.05, 0) is 17.5 Å². The SMILES string of the molecule is CN(Cc1ccccc1F)C(=O)COC(=O)c1ccc2ccccc2c1O. The van der Waals surface area contributed by atoms with Crippen molar-refractivity contribution in [3.05, 3.63) is 77.6 Å². The molecule has 0 bridgehead atoms. The Labute approximate surface area is 155 Å². The molecule has 0 aliphatic rings. The van der Waals surface area contributed by atoms with Crippen LogP contribution in [-0.2, 0) is 16.1 Å². The third-order valence-corrected chi connectivity index (χ3v) is 4.24. The Morgan fingerprint density at radius 2 is 1.74 bits per heavy atom. The van der Waals surface area contributed by atoms with Crippen molar-refractivity contribution >= 4 is 22.6 Å². The number of phenols is 1. The van der Waals surface area contributed by atoms with E-state index in [9.17, 15) is 19.1 Å². The summed E-state index contributed by atoms with van der Waals surface area (Å²) in [4.78, 5) is 25.7. The minimum absolute atomic E-state index is 0.0155. The quantitative estimate of drug-likeness (QED) is 0.701. The Morgan fingerprint density at radius 1 is 1.04 bits per heavy atom. The third-order valence-electron chi connectivity index (χ3n) is 4.24. The Balaban J connectivity index is 1.64. The molecule has 27 heavy (non-hydrogen) atoms. The number of hydrogen-bond donors (Lipinski definition) is 1. The number of esters is 1. The lowest BCUT2D eigenvalue weighted by atomic mass is 10.1. The van der Waals surface area contributed by atoms with Gasteiger partial charge in [0.2, 0.25) is 0 Å². The number of fused-ring (bicyclic) bond motifs is 1. The summed E-state index contributed by atoms with van der Waals surface area (Å²) in [5.74, 6) is -1.88. The Morgan fingerprint density at radius 3 is 2.52 bits per heavy atom. The van der Waals surface area contributed by atoms with Crippen molar-refractivity contribution in [1.29, 1.82) is 0 Å². The highest BCUT2D eigenvalue weighted by Gasteiger charge is 2.18. The zero-order valence-electron chi connectivity index (χ0n) is 14.7. The number of carbonyl (C=O) groups is 2. The van der Waals surface area contributed by atoms with Crippen LogP contribution in [0.25, 0.3) is 10.8 Å². The van der Waals surface area contributed by atoms with E-state index in [1.165, 1.54) is 24.1 Å². The Bertz CT molecular complexity index is 1000. The molecule has 0 saturated carbocycles. The van der Waals surface area contributed by atoms with Gasteiger partial charge in [0.25, 0.3) is 5.91 Å². The standard InChI is InChI=1S/C21H18FNO4/c1-23(12-15-7-3-5-9-18(15)22)19(24)13-27-21(26)17-11-10-14-6-2-4-8-16(14)20(17)25/h2-11,25H,12-13H2,1H3. The van der Waals surface area contributed by atoms with Crippen molar-refractivity contribution in [2.24, 2.45) is 0 Å². The van der Waals surface area contributed by atoms with Gasteiger partial charge in [-0.3, -0.25) is 4.79 Å². The number of carbonyl (C=O) groups excluding carboxylic acids is 2. The van der Waals surface area contributed by atoms with Crippen molar-refractivity contribution < 1.29 is 23.8 Å². The number of hydrogen-bond acceptors (Lipinski definition) is 4.